The number of piperidine rings is 1. The van der Waals surface area contributed by atoms with Crippen molar-refractivity contribution in [2.24, 2.45) is 5.92 Å². The van der Waals surface area contributed by atoms with E-state index in [0.29, 0.717) is 19.0 Å². The first kappa shape index (κ1) is 15.8. The summed E-state index contributed by atoms with van der Waals surface area (Å²) in [7, 11) is 0. The number of hydrogen-bond donors (Lipinski definition) is 2. The molecule has 0 spiro atoms. The number of carbonyl (C=O) groups excluding carboxylic acids is 1. The van der Waals surface area contributed by atoms with Gasteiger partial charge in [-0.25, -0.2) is 4.79 Å². The number of esters is 1. The molecule has 19 heavy (non-hydrogen) atoms. The summed E-state index contributed by atoms with van der Waals surface area (Å²) < 4.78 is 5.19. The lowest BCUT2D eigenvalue weighted by molar-refractivity contribution is -0.153. The molecule has 0 bridgehead atoms. The maximum atomic E-state index is 11.5. The number of amides is 1. The maximum Gasteiger partial charge on any atom is 0.407 e. The molecule has 6 heteroatoms. The van der Waals surface area contributed by atoms with Crippen LogP contribution in [-0.2, 0) is 9.53 Å². The highest BCUT2D eigenvalue weighted by molar-refractivity contribution is 5.72. The average Bonchev–Trinajstić information content (AvgIpc) is 2.27. The number of nitrogens with one attached hydrogen (secondary N) is 1. The van der Waals surface area contributed by atoms with E-state index < -0.39 is 11.7 Å². The highest BCUT2D eigenvalue weighted by atomic mass is 16.6. The Labute approximate surface area is 114 Å². The van der Waals surface area contributed by atoms with Crippen molar-refractivity contribution in [2.45, 2.75) is 39.2 Å². The lowest BCUT2D eigenvalue weighted by atomic mass is 9.97. The Bertz CT molecular complexity index is 317. The van der Waals surface area contributed by atoms with Gasteiger partial charge in [-0.3, -0.25) is 4.79 Å². The Morgan fingerprint density at radius 3 is 2.37 bits per heavy atom. The third-order valence-electron chi connectivity index (χ3n) is 3.01. The molecule has 0 unspecified atom stereocenters. The van der Waals surface area contributed by atoms with Gasteiger partial charge in [0.05, 0.1) is 6.54 Å². The summed E-state index contributed by atoms with van der Waals surface area (Å²) in [5.41, 5.74) is -0.453. The molecular weight excluding hydrogens is 248 g/mol. The minimum Gasteiger partial charge on any atom is -0.465 e. The molecule has 1 rings (SSSR count). The van der Waals surface area contributed by atoms with Crippen molar-refractivity contribution in [3.8, 4) is 0 Å². The van der Waals surface area contributed by atoms with Crippen LogP contribution in [0.4, 0.5) is 4.79 Å². The van der Waals surface area contributed by atoms with E-state index >= 15 is 0 Å². The van der Waals surface area contributed by atoms with Gasteiger partial charge in [0.25, 0.3) is 0 Å². The Kier molecular flexibility index (Phi) is 5.60. The summed E-state index contributed by atoms with van der Waals surface area (Å²) in [5, 5.41) is 11.9. The molecule has 1 heterocycles. The fraction of sp³-hybridized carbons (Fsp3) is 0.846. The van der Waals surface area contributed by atoms with E-state index in [1.54, 1.807) is 0 Å². The largest absolute Gasteiger partial charge is 0.465 e. The molecule has 1 saturated heterocycles. The number of hydrogen-bond acceptors (Lipinski definition) is 4. The molecule has 0 radical (unpaired) electrons. The van der Waals surface area contributed by atoms with Crippen molar-refractivity contribution in [1.29, 1.82) is 0 Å². The van der Waals surface area contributed by atoms with E-state index in [-0.39, 0.29) is 12.5 Å². The van der Waals surface area contributed by atoms with Gasteiger partial charge in [-0.05, 0) is 46.1 Å². The summed E-state index contributed by atoms with van der Waals surface area (Å²) in [6.07, 6.45) is 0.835. The average molecular weight is 272 g/mol. The molecule has 0 aliphatic carbocycles. The van der Waals surface area contributed by atoms with E-state index in [4.69, 9.17) is 9.84 Å². The summed E-state index contributed by atoms with van der Waals surface area (Å²) in [5.74, 6) is 0.175. The van der Waals surface area contributed by atoms with Crippen LogP contribution in [0.2, 0.25) is 0 Å². The van der Waals surface area contributed by atoms with Gasteiger partial charge in [-0.2, -0.15) is 0 Å². The monoisotopic (exact) mass is 272 g/mol. The van der Waals surface area contributed by atoms with Gasteiger partial charge in [-0.1, -0.05) is 0 Å². The molecule has 0 saturated carbocycles. The maximum absolute atomic E-state index is 11.5. The minimum absolute atomic E-state index is 0.205. The number of nitrogens with zero attached hydrogens (tertiary/aromatic N) is 1. The second kappa shape index (κ2) is 6.75. The van der Waals surface area contributed by atoms with Gasteiger partial charge in [0.1, 0.15) is 5.60 Å². The van der Waals surface area contributed by atoms with Crippen LogP contribution in [0.15, 0.2) is 0 Å². The zero-order chi connectivity index (χ0) is 14.5. The number of carbonyl (C=O) groups is 2. The van der Waals surface area contributed by atoms with Crippen molar-refractivity contribution in [1.82, 2.24) is 10.2 Å². The van der Waals surface area contributed by atoms with Gasteiger partial charge < -0.3 is 20.1 Å². The van der Waals surface area contributed by atoms with Crippen molar-refractivity contribution in [3.63, 3.8) is 0 Å². The predicted molar refractivity (Wildman–Crippen MR) is 71.0 cm³/mol. The standard InChI is InChI=1S/C13H24N2O4/c1-13(2,3)19-11(16)9-14-8-10-4-6-15(7-5-10)12(17)18/h10,14H,4-9H2,1-3H3,(H,17,18). The number of likely N-dealkylation sites (tertiary alicyclic amines) is 1. The topological polar surface area (TPSA) is 78.9 Å². The molecule has 0 aromatic carbocycles. The molecular formula is C13H24N2O4. The van der Waals surface area contributed by atoms with Crippen molar-refractivity contribution in [3.05, 3.63) is 0 Å². The van der Waals surface area contributed by atoms with Crippen LogP contribution in [0.1, 0.15) is 33.6 Å². The number of carboxylic acid groups (broad SMARTS) is 1. The zero-order valence-electron chi connectivity index (χ0n) is 11.9. The Morgan fingerprint density at radius 1 is 1.32 bits per heavy atom. The molecule has 1 aliphatic heterocycles. The first-order valence-corrected chi connectivity index (χ1v) is 6.68. The van der Waals surface area contributed by atoms with Crippen molar-refractivity contribution < 1.29 is 19.4 Å². The first-order chi connectivity index (χ1) is 8.78. The van der Waals surface area contributed by atoms with Gasteiger partial charge in [0.15, 0.2) is 0 Å². The van der Waals surface area contributed by atoms with Gasteiger partial charge >= 0.3 is 12.1 Å². The van der Waals surface area contributed by atoms with Crippen LogP contribution >= 0.6 is 0 Å². The summed E-state index contributed by atoms with van der Waals surface area (Å²) in [6.45, 7) is 7.61. The highest BCUT2D eigenvalue weighted by Crippen LogP contribution is 2.16. The van der Waals surface area contributed by atoms with Gasteiger partial charge in [0.2, 0.25) is 0 Å². The second-order valence-corrected chi connectivity index (χ2v) is 5.93. The summed E-state index contributed by atoms with van der Waals surface area (Å²) in [4.78, 5) is 23.7. The Morgan fingerprint density at radius 2 is 1.89 bits per heavy atom. The van der Waals surface area contributed by atoms with E-state index in [1.165, 1.54) is 4.90 Å². The highest BCUT2D eigenvalue weighted by Gasteiger charge is 2.22. The van der Waals surface area contributed by atoms with E-state index in [9.17, 15) is 9.59 Å². The normalized spacial score (nSPS) is 17.3. The zero-order valence-corrected chi connectivity index (χ0v) is 11.9. The molecule has 6 nitrogen and oxygen atoms in total. The van der Waals surface area contributed by atoms with Gasteiger partial charge in [-0.15, -0.1) is 0 Å². The molecule has 110 valence electrons. The third-order valence-corrected chi connectivity index (χ3v) is 3.01. The summed E-state index contributed by atoms with van der Waals surface area (Å²) >= 11 is 0. The van der Waals surface area contributed by atoms with Crippen LogP contribution in [0.5, 0.6) is 0 Å². The molecule has 0 aromatic rings. The Hall–Kier alpha value is -1.30. The molecule has 2 N–H and O–H groups in total. The molecule has 0 atom stereocenters. The van der Waals surface area contributed by atoms with E-state index in [0.717, 1.165) is 19.4 Å². The third kappa shape index (κ3) is 6.42. The van der Waals surface area contributed by atoms with Crippen molar-refractivity contribution in [2.75, 3.05) is 26.2 Å². The lowest BCUT2D eigenvalue weighted by Gasteiger charge is -2.30. The fourth-order valence-corrected chi connectivity index (χ4v) is 2.08. The van der Waals surface area contributed by atoms with Crippen LogP contribution < -0.4 is 5.32 Å². The Balaban J connectivity index is 2.14. The van der Waals surface area contributed by atoms with Crippen LogP contribution in [0, 0.1) is 5.92 Å². The number of ether oxygens (including phenoxy) is 1. The minimum atomic E-state index is -0.847. The second-order valence-electron chi connectivity index (χ2n) is 5.93. The van der Waals surface area contributed by atoms with Crippen LogP contribution in [-0.4, -0.2) is 53.8 Å². The lowest BCUT2D eigenvalue weighted by Crippen LogP contribution is -2.41. The molecule has 0 aromatic heterocycles. The van der Waals surface area contributed by atoms with Gasteiger partial charge in [0, 0.05) is 13.1 Å². The smallest absolute Gasteiger partial charge is 0.407 e. The molecule has 1 aliphatic rings. The fourth-order valence-electron chi connectivity index (χ4n) is 2.08. The van der Waals surface area contributed by atoms with Crippen LogP contribution in [0.25, 0.3) is 0 Å². The predicted octanol–water partition coefficient (Wildman–Crippen LogP) is 1.31. The summed E-state index contributed by atoms with van der Waals surface area (Å²) in [6, 6.07) is 0. The quantitative estimate of drug-likeness (QED) is 0.754. The van der Waals surface area contributed by atoms with Crippen LogP contribution in [0.3, 0.4) is 0 Å². The van der Waals surface area contributed by atoms with Crippen molar-refractivity contribution >= 4 is 12.1 Å². The van der Waals surface area contributed by atoms with E-state index in [2.05, 4.69) is 5.32 Å². The molecule has 1 fully saturated rings. The molecule has 1 amide bonds. The SMILES string of the molecule is CC(C)(C)OC(=O)CNCC1CCN(C(=O)O)CC1. The van der Waals surface area contributed by atoms with E-state index in [1.807, 2.05) is 20.8 Å². The number of rotatable bonds is 4. The first-order valence-electron chi connectivity index (χ1n) is 6.68.